The zero-order valence-corrected chi connectivity index (χ0v) is 19.7. The van der Waals surface area contributed by atoms with Gasteiger partial charge in [-0.25, -0.2) is 13.2 Å². The van der Waals surface area contributed by atoms with Crippen LogP contribution in [0.2, 0.25) is 0 Å². The molecule has 1 fully saturated rings. The van der Waals surface area contributed by atoms with Crippen LogP contribution in [-0.2, 0) is 24.9 Å². The van der Waals surface area contributed by atoms with E-state index in [9.17, 15) is 18.0 Å². The molecule has 0 saturated carbocycles. The minimum Gasteiger partial charge on any atom is -0.454 e. The molecule has 2 aromatic rings. The van der Waals surface area contributed by atoms with E-state index in [-0.39, 0.29) is 34.7 Å². The first-order valence-electron chi connectivity index (χ1n) is 10.5. The van der Waals surface area contributed by atoms with Crippen molar-refractivity contribution in [2.24, 2.45) is 0 Å². The Morgan fingerprint density at radius 3 is 2.25 bits per heavy atom. The fraction of sp³-hybridized carbons (Fsp3) is 0.417. The van der Waals surface area contributed by atoms with E-state index in [1.165, 1.54) is 16.4 Å². The van der Waals surface area contributed by atoms with Crippen LogP contribution in [0.1, 0.15) is 52.6 Å². The summed E-state index contributed by atoms with van der Waals surface area (Å²) in [4.78, 5) is 25.1. The largest absolute Gasteiger partial charge is 0.454 e. The number of carbonyl (C=O) groups excluding carboxylic acids is 2. The number of sulfonamides is 1. The Morgan fingerprint density at radius 1 is 1.03 bits per heavy atom. The standard InChI is InChI=1S/C24H29NO6S/c1-17-5-10-20(32(28,29)25-11-13-30-14-12-25)15-21(17)23(27)31-16-22(26)18-6-8-19(9-7-18)24(2,3)4/h5-10,15H,11-14,16H2,1-4H3. The number of esters is 1. The summed E-state index contributed by atoms with van der Waals surface area (Å²) in [6, 6.07) is 11.6. The highest BCUT2D eigenvalue weighted by Crippen LogP contribution is 2.23. The fourth-order valence-electron chi connectivity index (χ4n) is 3.37. The third-order valence-electron chi connectivity index (χ3n) is 5.44. The first-order valence-corrected chi connectivity index (χ1v) is 11.9. The number of carbonyl (C=O) groups is 2. The second-order valence-corrected chi connectivity index (χ2v) is 10.8. The number of rotatable bonds is 6. The van der Waals surface area contributed by atoms with Crippen LogP contribution < -0.4 is 0 Å². The van der Waals surface area contributed by atoms with Crippen LogP contribution in [0.15, 0.2) is 47.4 Å². The van der Waals surface area contributed by atoms with E-state index in [1.54, 1.807) is 25.1 Å². The Labute approximate surface area is 189 Å². The Balaban J connectivity index is 1.71. The molecule has 1 heterocycles. The van der Waals surface area contributed by atoms with Gasteiger partial charge in [0.2, 0.25) is 10.0 Å². The lowest BCUT2D eigenvalue weighted by Crippen LogP contribution is -2.40. The van der Waals surface area contributed by atoms with Crippen molar-refractivity contribution in [3.63, 3.8) is 0 Å². The minimum absolute atomic E-state index is 0.0149. The molecule has 32 heavy (non-hydrogen) atoms. The van der Waals surface area contributed by atoms with Crippen LogP contribution in [-0.4, -0.2) is 57.4 Å². The van der Waals surface area contributed by atoms with E-state index in [4.69, 9.17) is 9.47 Å². The van der Waals surface area contributed by atoms with Crippen molar-refractivity contribution < 1.29 is 27.5 Å². The van der Waals surface area contributed by atoms with E-state index in [1.807, 2.05) is 12.1 Å². The molecule has 0 aliphatic carbocycles. The number of ketones is 1. The van der Waals surface area contributed by atoms with Crippen molar-refractivity contribution in [1.82, 2.24) is 4.31 Å². The van der Waals surface area contributed by atoms with Gasteiger partial charge in [0.25, 0.3) is 0 Å². The quantitative estimate of drug-likeness (QED) is 0.486. The normalized spacial score (nSPS) is 15.4. The number of nitrogens with zero attached hydrogens (tertiary/aromatic N) is 1. The van der Waals surface area contributed by atoms with Crippen LogP contribution in [0.25, 0.3) is 0 Å². The number of Topliss-reactive ketones (excluding diaryl/α,β-unsaturated/α-hetero) is 1. The maximum Gasteiger partial charge on any atom is 0.338 e. The Hall–Kier alpha value is -2.55. The molecule has 7 nitrogen and oxygen atoms in total. The fourth-order valence-corrected chi connectivity index (χ4v) is 4.80. The molecule has 172 valence electrons. The summed E-state index contributed by atoms with van der Waals surface area (Å²) >= 11 is 0. The SMILES string of the molecule is Cc1ccc(S(=O)(=O)N2CCOCC2)cc1C(=O)OCC(=O)c1ccc(C(C)(C)C)cc1. The molecule has 0 atom stereocenters. The third kappa shape index (κ3) is 5.43. The summed E-state index contributed by atoms with van der Waals surface area (Å²) in [5.74, 6) is -1.06. The molecular formula is C24H29NO6S. The average molecular weight is 460 g/mol. The van der Waals surface area contributed by atoms with Gasteiger partial charge in [0.15, 0.2) is 12.4 Å². The summed E-state index contributed by atoms with van der Waals surface area (Å²) in [6.07, 6.45) is 0. The Bertz CT molecular complexity index is 1090. The molecule has 1 saturated heterocycles. The zero-order valence-electron chi connectivity index (χ0n) is 18.9. The summed E-state index contributed by atoms with van der Waals surface area (Å²) in [5.41, 5.74) is 2.21. The van der Waals surface area contributed by atoms with Crippen molar-refractivity contribution in [2.45, 2.75) is 38.0 Å². The van der Waals surface area contributed by atoms with Gasteiger partial charge in [-0.15, -0.1) is 0 Å². The second kappa shape index (κ2) is 9.52. The number of aryl methyl sites for hydroxylation is 1. The van der Waals surface area contributed by atoms with Gasteiger partial charge in [0.1, 0.15) is 0 Å². The molecule has 1 aliphatic heterocycles. The van der Waals surface area contributed by atoms with E-state index in [0.717, 1.165) is 5.56 Å². The highest BCUT2D eigenvalue weighted by Gasteiger charge is 2.27. The van der Waals surface area contributed by atoms with E-state index >= 15 is 0 Å². The number of hydrogen-bond acceptors (Lipinski definition) is 6. The van der Waals surface area contributed by atoms with Gasteiger partial charge >= 0.3 is 5.97 Å². The number of morpholine rings is 1. The molecular weight excluding hydrogens is 430 g/mol. The number of ether oxygens (including phenoxy) is 2. The van der Waals surface area contributed by atoms with Crippen LogP contribution in [0.5, 0.6) is 0 Å². The molecule has 0 spiro atoms. The molecule has 2 aromatic carbocycles. The van der Waals surface area contributed by atoms with Gasteiger partial charge in [0, 0.05) is 18.7 Å². The summed E-state index contributed by atoms with van der Waals surface area (Å²) < 4.78 is 37.5. The molecule has 8 heteroatoms. The van der Waals surface area contributed by atoms with Gasteiger partial charge < -0.3 is 9.47 Å². The number of hydrogen-bond donors (Lipinski definition) is 0. The molecule has 0 radical (unpaired) electrons. The predicted octanol–water partition coefficient (Wildman–Crippen LogP) is 3.35. The maximum atomic E-state index is 12.9. The maximum absolute atomic E-state index is 12.9. The molecule has 0 N–H and O–H groups in total. The first kappa shape index (κ1) is 24.1. The van der Waals surface area contributed by atoms with Crippen LogP contribution >= 0.6 is 0 Å². The van der Waals surface area contributed by atoms with Gasteiger partial charge in [-0.3, -0.25) is 4.79 Å². The molecule has 0 unspecified atom stereocenters. The van der Waals surface area contributed by atoms with Gasteiger partial charge in [-0.1, -0.05) is 51.1 Å². The van der Waals surface area contributed by atoms with Crippen LogP contribution in [0, 0.1) is 6.92 Å². The molecule has 1 aliphatic rings. The topological polar surface area (TPSA) is 90.0 Å². The monoisotopic (exact) mass is 459 g/mol. The smallest absolute Gasteiger partial charge is 0.338 e. The average Bonchev–Trinajstić information content (AvgIpc) is 2.77. The second-order valence-electron chi connectivity index (χ2n) is 8.82. The van der Waals surface area contributed by atoms with Crippen molar-refractivity contribution >= 4 is 21.8 Å². The molecule has 0 amide bonds. The van der Waals surface area contributed by atoms with Crippen molar-refractivity contribution in [2.75, 3.05) is 32.9 Å². The lowest BCUT2D eigenvalue weighted by atomic mass is 9.86. The lowest BCUT2D eigenvalue weighted by molar-refractivity contribution is 0.0473. The van der Waals surface area contributed by atoms with E-state index in [0.29, 0.717) is 24.3 Å². The third-order valence-corrected chi connectivity index (χ3v) is 7.34. The summed E-state index contributed by atoms with van der Waals surface area (Å²) in [5, 5.41) is 0. The Morgan fingerprint density at radius 2 is 1.66 bits per heavy atom. The van der Waals surface area contributed by atoms with E-state index in [2.05, 4.69) is 20.8 Å². The van der Waals surface area contributed by atoms with Gasteiger partial charge in [0.05, 0.1) is 23.7 Å². The minimum atomic E-state index is -3.75. The highest BCUT2D eigenvalue weighted by atomic mass is 32.2. The number of benzene rings is 2. The van der Waals surface area contributed by atoms with Crippen molar-refractivity contribution in [1.29, 1.82) is 0 Å². The van der Waals surface area contributed by atoms with Crippen molar-refractivity contribution in [3.8, 4) is 0 Å². The zero-order chi connectivity index (χ0) is 23.5. The van der Waals surface area contributed by atoms with Crippen LogP contribution in [0.3, 0.4) is 0 Å². The van der Waals surface area contributed by atoms with Crippen LogP contribution in [0.4, 0.5) is 0 Å². The summed E-state index contributed by atoms with van der Waals surface area (Å²) in [7, 11) is -3.75. The lowest BCUT2D eigenvalue weighted by Gasteiger charge is -2.26. The predicted molar refractivity (Wildman–Crippen MR) is 121 cm³/mol. The van der Waals surface area contributed by atoms with Crippen molar-refractivity contribution in [3.05, 3.63) is 64.7 Å². The molecule has 3 rings (SSSR count). The van der Waals surface area contributed by atoms with Gasteiger partial charge in [-0.05, 0) is 35.6 Å². The van der Waals surface area contributed by atoms with Gasteiger partial charge in [-0.2, -0.15) is 4.31 Å². The molecule has 0 bridgehead atoms. The molecule has 0 aromatic heterocycles. The highest BCUT2D eigenvalue weighted by molar-refractivity contribution is 7.89. The van der Waals surface area contributed by atoms with E-state index < -0.39 is 22.6 Å². The Kier molecular flexibility index (Phi) is 7.17. The first-order chi connectivity index (χ1) is 15.0. The summed E-state index contributed by atoms with van der Waals surface area (Å²) in [6.45, 7) is 8.71.